The summed E-state index contributed by atoms with van der Waals surface area (Å²) in [6.45, 7) is 0.233. The number of hydrogen-bond acceptors (Lipinski definition) is 5. The molecular weight excluding hydrogens is 475 g/mol. The Morgan fingerprint density at radius 3 is 2.34 bits per heavy atom. The fourth-order valence-electron chi connectivity index (χ4n) is 3.01. The molecular formula is C19H19ClF3N3O5S. The zero-order chi connectivity index (χ0) is 23.4. The van der Waals surface area contributed by atoms with Gasteiger partial charge in [-0.05, 0) is 55.3 Å². The van der Waals surface area contributed by atoms with E-state index in [1.165, 1.54) is 4.31 Å². The van der Waals surface area contributed by atoms with Gasteiger partial charge in [-0.15, -0.1) is 13.2 Å². The van der Waals surface area contributed by atoms with E-state index in [0.29, 0.717) is 23.6 Å². The number of sulfonamides is 1. The van der Waals surface area contributed by atoms with Gasteiger partial charge in [0.15, 0.2) is 0 Å². The number of carbonyl (C=O) groups is 1. The summed E-state index contributed by atoms with van der Waals surface area (Å²) in [6, 6.07) is 9.93. The standard InChI is InChI=1S/C19H19ClF3N3O5S/c20-13-2-1-3-14(12-13)24-18(27)25-31-16-8-10-26(11-9-16)32(28,29)17-6-4-15(5-7-17)30-19(21,22)23/h1-7,12,16H,8-11H2,(H2,24,25,27). The summed E-state index contributed by atoms with van der Waals surface area (Å²) in [4.78, 5) is 17.1. The number of urea groups is 1. The fourth-order valence-corrected chi connectivity index (χ4v) is 4.67. The van der Waals surface area contributed by atoms with Crippen LogP contribution in [-0.4, -0.2) is 44.3 Å². The largest absolute Gasteiger partial charge is 0.573 e. The predicted molar refractivity (Wildman–Crippen MR) is 110 cm³/mol. The number of rotatable bonds is 6. The van der Waals surface area contributed by atoms with Crippen LogP contribution in [-0.2, 0) is 14.9 Å². The molecule has 0 unspecified atom stereocenters. The molecule has 3 rings (SSSR count). The highest BCUT2D eigenvalue weighted by molar-refractivity contribution is 7.89. The minimum absolute atomic E-state index is 0.116. The molecule has 2 aromatic carbocycles. The van der Waals surface area contributed by atoms with Crippen molar-refractivity contribution in [3.05, 3.63) is 53.6 Å². The number of amides is 2. The molecule has 32 heavy (non-hydrogen) atoms. The molecule has 1 aliphatic heterocycles. The lowest BCUT2D eigenvalue weighted by Gasteiger charge is -2.30. The first-order chi connectivity index (χ1) is 15.0. The van der Waals surface area contributed by atoms with Crippen LogP contribution in [0.3, 0.4) is 0 Å². The van der Waals surface area contributed by atoms with Crippen LogP contribution in [0.2, 0.25) is 5.02 Å². The number of hydroxylamine groups is 1. The van der Waals surface area contributed by atoms with Crippen LogP contribution < -0.4 is 15.5 Å². The van der Waals surface area contributed by atoms with Crippen LogP contribution >= 0.6 is 11.6 Å². The number of halogens is 4. The third-order valence-electron chi connectivity index (χ3n) is 4.50. The van der Waals surface area contributed by atoms with Gasteiger partial charge in [-0.25, -0.2) is 18.7 Å². The van der Waals surface area contributed by atoms with Crippen molar-refractivity contribution in [3.8, 4) is 5.75 Å². The van der Waals surface area contributed by atoms with E-state index in [9.17, 15) is 26.4 Å². The van der Waals surface area contributed by atoms with Crippen LogP contribution in [0.5, 0.6) is 5.75 Å². The summed E-state index contributed by atoms with van der Waals surface area (Å²) in [6.07, 6.45) is -4.65. The number of nitrogens with one attached hydrogen (secondary N) is 2. The molecule has 1 saturated heterocycles. The number of benzene rings is 2. The highest BCUT2D eigenvalue weighted by Gasteiger charge is 2.32. The van der Waals surface area contributed by atoms with Crippen LogP contribution in [0.15, 0.2) is 53.4 Å². The van der Waals surface area contributed by atoms with E-state index >= 15 is 0 Å². The highest BCUT2D eigenvalue weighted by atomic mass is 35.5. The molecule has 0 aliphatic carbocycles. The second kappa shape index (κ2) is 9.94. The number of alkyl halides is 3. The van der Waals surface area contributed by atoms with Crippen molar-refractivity contribution in [2.45, 2.75) is 30.2 Å². The Morgan fingerprint density at radius 2 is 1.75 bits per heavy atom. The van der Waals surface area contributed by atoms with Crippen LogP contribution in [0.4, 0.5) is 23.7 Å². The van der Waals surface area contributed by atoms with Crippen LogP contribution in [0.25, 0.3) is 0 Å². The van der Waals surface area contributed by atoms with E-state index in [0.717, 1.165) is 24.3 Å². The lowest BCUT2D eigenvalue weighted by Crippen LogP contribution is -2.43. The van der Waals surface area contributed by atoms with Crippen molar-refractivity contribution < 1.29 is 36.0 Å². The van der Waals surface area contributed by atoms with E-state index in [4.69, 9.17) is 16.4 Å². The van der Waals surface area contributed by atoms with Crippen LogP contribution in [0, 0.1) is 0 Å². The quantitative estimate of drug-likeness (QED) is 0.589. The van der Waals surface area contributed by atoms with E-state index < -0.39 is 34.3 Å². The summed E-state index contributed by atoms with van der Waals surface area (Å²) in [5.41, 5.74) is 2.74. The minimum atomic E-state index is -4.86. The third kappa shape index (κ3) is 6.73. The van der Waals surface area contributed by atoms with Crippen molar-refractivity contribution >= 4 is 33.3 Å². The molecule has 13 heteroatoms. The second-order valence-electron chi connectivity index (χ2n) is 6.81. The lowest BCUT2D eigenvalue weighted by atomic mass is 10.1. The summed E-state index contributed by atoms with van der Waals surface area (Å²) in [5.74, 6) is -0.509. The van der Waals surface area contributed by atoms with E-state index in [-0.39, 0.29) is 18.0 Å². The Bertz CT molecular complexity index is 1040. The van der Waals surface area contributed by atoms with Crippen molar-refractivity contribution in [1.82, 2.24) is 9.79 Å². The molecule has 2 amide bonds. The molecule has 0 radical (unpaired) electrons. The number of carbonyl (C=O) groups excluding carboxylic acids is 1. The highest BCUT2D eigenvalue weighted by Crippen LogP contribution is 2.26. The molecule has 0 aromatic heterocycles. The zero-order valence-electron chi connectivity index (χ0n) is 16.4. The normalized spacial score (nSPS) is 15.9. The predicted octanol–water partition coefficient (Wildman–Crippen LogP) is 4.15. The Labute approximate surface area is 187 Å². The van der Waals surface area contributed by atoms with Gasteiger partial charge in [0.05, 0.1) is 11.0 Å². The Morgan fingerprint density at radius 1 is 1.09 bits per heavy atom. The number of piperidine rings is 1. The molecule has 0 spiro atoms. The monoisotopic (exact) mass is 493 g/mol. The molecule has 1 aliphatic rings. The van der Waals surface area contributed by atoms with Crippen molar-refractivity contribution in [2.75, 3.05) is 18.4 Å². The molecule has 8 nitrogen and oxygen atoms in total. The maximum Gasteiger partial charge on any atom is 0.573 e. The minimum Gasteiger partial charge on any atom is -0.406 e. The molecule has 1 heterocycles. The number of hydrogen-bond donors (Lipinski definition) is 2. The van der Waals surface area contributed by atoms with E-state index in [1.54, 1.807) is 24.3 Å². The molecule has 0 saturated carbocycles. The number of nitrogens with zero attached hydrogens (tertiary/aromatic N) is 1. The topological polar surface area (TPSA) is 97.0 Å². The van der Waals surface area contributed by atoms with Crippen LogP contribution in [0.1, 0.15) is 12.8 Å². The Balaban J connectivity index is 1.48. The van der Waals surface area contributed by atoms with E-state index in [2.05, 4.69) is 15.5 Å². The van der Waals surface area contributed by atoms with Crippen molar-refractivity contribution in [3.63, 3.8) is 0 Å². The first kappa shape index (κ1) is 24.1. The van der Waals surface area contributed by atoms with Gasteiger partial charge in [-0.3, -0.25) is 4.84 Å². The van der Waals surface area contributed by atoms with Gasteiger partial charge in [-0.1, -0.05) is 17.7 Å². The molecule has 0 atom stereocenters. The number of anilines is 1. The average molecular weight is 494 g/mol. The summed E-state index contributed by atoms with van der Waals surface area (Å²) < 4.78 is 67.1. The first-order valence-electron chi connectivity index (χ1n) is 9.37. The Kier molecular flexibility index (Phi) is 7.49. The van der Waals surface area contributed by atoms with E-state index in [1.807, 2.05) is 0 Å². The van der Waals surface area contributed by atoms with Gasteiger partial charge in [0.2, 0.25) is 10.0 Å². The SMILES string of the molecule is O=C(NOC1CCN(S(=O)(=O)c2ccc(OC(F)(F)F)cc2)CC1)Nc1cccc(Cl)c1. The van der Waals surface area contributed by atoms with Gasteiger partial charge >= 0.3 is 12.4 Å². The molecule has 1 fully saturated rings. The summed E-state index contributed by atoms with van der Waals surface area (Å²) in [5, 5.41) is 3.01. The molecule has 174 valence electrons. The van der Waals surface area contributed by atoms with Gasteiger partial charge in [0.1, 0.15) is 5.75 Å². The molecule has 0 bridgehead atoms. The fraction of sp³-hybridized carbons (Fsp3) is 0.316. The number of ether oxygens (including phenoxy) is 1. The lowest BCUT2D eigenvalue weighted by molar-refractivity contribution is -0.274. The van der Waals surface area contributed by atoms with Gasteiger partial charge < -0.3 is 10.1 Å². The third-order valence-corrected chi connectivity index (χ3v) is 6.64. The summed E-state index contributed by atoms with van der Waals surface area (Å²) in [7, 11) is -3.89. The van der Waals surface area contributed by atoms with Crippen molar-refractivity contribution in [1.29, 1.82) is 0 Å². The second-order valence-corrected chi connectivity index (χ2v) is 9.18. The van der Waals surface area contributed by atoms with Gasteiger partial charge in [0.25, 0.3) is 0 Å². The zero-order valence-corrected chi connectivity index (χ0v) is 18.0. The maximum absolute atomic E-state index is 12.7. The van der Waals surface area contributed by atoms with Gasteiger partial charge in [0, 0.05) is 23.8 Å². The first-order valence-corrected chi connectivity index (χ1v) is 11.2. The molecule has 2 aromatic rings. The van der Waals surface area contributed by atoms with Gasteiger partial charge in [-0.2, -0.15) is 4.31 Å². The average Bonchev–Trinajstić information content (AvgIpc) is 2.72. The molecule has 2 N–H and O–H groups in total. The smallest absolute Gasteiger partial charge is 0.406 e. The maximum atomic E-state index is 12.7. The Hall–Kier alpha value is -2.54. The summed E-state index contributed by atoms with van der Waals surface area (Å²) >= 11 is 5.85. The van der Waals surface area contributed by atoms with Crippen molar-refractivity contribution in [2.24, 2.45) is 0 Å².